The number of rotatable bonds is 2. The number of hydrogen-bond donors (Lipinski definition) is 2. The van der Waals surface area contributed by atoms with E-state index in [1.807, 2.05) is 10.1 Å². The third-order valence-electron chi connectivity index (χ3n) is 0.988. The van der Waals surface area contributed by atoms with Crippen molar-refractivity contribution in [1.29, 1.82) is 0 Å². The van der Waals surface area contributed by atoms with Gasteiger partial charge in [0.05, 0.1) is 6.42 Å². The van der Waals surface area contributed by atoms with Gasteiger partial charge in [-0.15, -0.1) is 10.4 Å². The summed E-state index contributed by atoms with van der Waals surface area (Å²) in [5.41, 5.74) is -0.659. The lowest BCUT2D eigenvalue weighted by atomic mass is 10.3. The second-order valence-electron chi connectivity index (χ2n) is 1.73. The van der Waals surface area contributed by atoms with Crippen LogP contribution in [0.1, 0.15) is 5.69 Å². The van der Waals surface area contributed by atoms with Crippen molar-refractivity contribution in [2.24, 2.45) is 0 Å². The molecule has 60 valence electrons. The van der Waals surface area contributed by atoms with Crippen LogP contribution in [0.25, 0.3) is 0 Å². The third kappa shape index (κ3) is 1.81. The van der Waals surface area contributed by atoms with E-state index in [4.69, 9.17) is 11.8 Å². The van der Waals surface area contributed by atoms with Crippen LogP contribution in [0.4, 0.5) is 0 Å². The number of H-pyrrole nitrogens is 1. The number of aromatic amines is 1. The van der Waals surface area contributed by atoms with Crippen LogP contribution in [0.2, 0.25) is 0 Å². The first-order valence-electron chi connectivity index (χ1n) is 2.66. The molecule has 0 saturated heterocycles. The Morgan fingerprint density at radius 3 is 3.00 bits per heavy atom. The molecule has 0 spiro atoms. The Kier molecular flexibility index (Phi) is 2.27. The summed E-state index contributed by atoms with van der Waals surface area (Å²) in [7, 11) is 0. The molecule has 7 heteroatoms. The second kappa shape index (κ2) is 3.20. The fourth-order valence-electron chi connectivity index (χ4n) is 0.521. The number of amides is 1. The summed E-state index contributed by atoms with van der Waals surface area (Å²) in [5, 5.41) is 5.35. The molecule has 0 saturated carbocycles. The van der Waals surface area contributed by atoms with Crippen LogP contribution in [-0.4, -0.2) is 16.3 Å². The van der Waals surface area contributed by atoms with Gasteiger partial charge in [-0.2, -0.15) is 0 Å². The van der Waals surface area contributed by atoms with Gasteiger partial charge in [-0.05, 0) is 0 Å². The molecule has 0 aliphatic heterocycles. The van der Waals surface area contributed by atoms with Crippen LogP contribution in [0.15, 0.2) is 9.32 Å². The first kappa shape index (κ1) is 7.80. The molecule has 0 atom stereocenters. The fraction of sp³-hybridized carbons (Fsp3) is 0.250. The number of nitrogens with zero attached hydrogens (tertiary/aromatic N) is 1. The van der Waals surface area contributed by atoms with Gasteiger partial charge in [0.1, 0.15) is 0 Å². The van der Waals surface area contributed by atoms with E-state index in [-0.39, 0.29) is 12.1 Å². The lowest BCUT2D eigenvalue weighted by Gasteiger charge is -1.88. The maximum atomic E-state index is 10.6. The minimum atomic E-state index is -0.662. The predicted octanol–water partition coefficient (Wildman–Crippen LogP) is -0.825. The fourth-order valence-corrected chi connectivity index (χ4v) is 0.588. The van der Waals surface area contributed by atoms with E-state index in [0.29, 0.717) is 0 Å². The van der Waals surface area contributed by atoms with E-state index < -0.39 is 11.5 Å². The smallest absolute Gasteiger partial charge is 0.320 e. The van der Waals surface area contributed by atoms with Crippen molar-refractivity contribution in [2.45, 2.75) is 6.42 Å². The largest absolute Gasteiger partial charge is 0.381 e. The minimum Gasteiger partial charge on any atom is -0.320 e. The average Bonchev–Trinajstić information content (AvgIpc) is 2.37. The van der Waals surface area contributed by atoms with Crippen LogP contribution in [-0.2, 0) is 11.2 Å². The molecule has 1 aromatic rings. The maximum absolute atomic E-state index is 10.6. The van der Waals surface area contributed by atoms with Crippen molar-refractivity contribution in [3.63, 3.8) is 0 Å². The van der Waals surface area contributed by atoms with Crippen molar-refractivity contribution in [3.8, 4) is 0 Å². The highest BCUT2D eigenvalue weighted by Crippen LogP contribution is 1.85. The van der Waals surface area contributed by atoms with Gasteiger partial charge in [-0.3, -0.25) is 9.63 Å². The molecule has 0 bridgehead atoms. The molecule has 1 rings (SSSR count). The standard InChI is InChI=1S/C4H4ClN3O3/c5-6-3(9)1-2-4(10)11-8-7-2/h8H,1H2,(H,6,9). The Balaban J connectivity index is 2.72. The Morgan fingerprint density at radius 2 is 2.55 bits per heavy atom. The van der Waals surface area contributed by atoms with Crippen LogP contribution >= 0.6 is 11.8 Å². The van der Waals surface area contributed by atoms with Crippen molar-refractivity contribution in [3.05, 3.63) is 16.1 Å². The summed E-state index contributed by atoms with van der Waals surface area (Å²) in [4.78, 5) is 23.0. The highest BCUT2D eigenvalue weighted by molar-refractivity contribution is 6.21. The van der Waals surface area contributed by atoms with E-state index >= 15 is 0 Å². The summed E-state index contributed by atoms with van der Waals surface area (Å²) in [5.74, 6) is -0.508. The normalized spacial score (nSPS) is 9.55. The molecule has 0 unspecified atom stereocenters. The number of carbonyl (C=O) groups excluding carboxylic acids is 1. The monoisotopic (exact) mass is 177 g/mol. The number of carbonyl (C=O) groups is 1. The third-order valence-corrected chi connectivity index (χ3v) is 1.20. The van der Waals surface area contributed by atoms with Crippen molar-refractivity contribution in [2.75, 3.05) is 0 Å². The quantitative estimate of drug-likeness (QED) is 0.578. The topological polar surface area (TPSA) is 88.0 Å². The lowest BCUT2D eigenvalue weighted by Crippen LogP contribution is -2.18. The Bertz CT molecular complexity index is 304. The first-order valence-corrected chi connectivity index (χ1v) is 3.04. The van der Waals surface area contributed by atoms with E-state index in [2.05, 4.69) is 9.62 Å². The van der Waals surface area contributed by atoms with Crippen molar-refractivity contribution < 1.29 is 9.32 Å². The predicted molar refractivity (Wildman–Crippen MR) is 34.8 cm³/mol. The van der Waals surface area contributed by atoms with Gasteiger partial charge in [0.15, 0.2) is 5.69 Å². The second-order valence-corrected chi connectivity index (χ2v) is 1.92. The molecular formula is C4H4ClN3O3. The molecule has 1 aromatic heterocycles. The summed E-state index contributed by atoms with van der Waals surface area (Å²) < 4.78 is 4.20. The lowest BCUT2D eigenvalue weighted by molar-refractivity contribution is -0.118. The van der Waals surface area contributed by atoms with Gasteiger partial charge in [-0.1, -0.05) is 0 Å². The molecule has 2 N–H and O–H groups in total. The number of halogens is 1. The Labute approximate surface area is 65.6 Å². The average molecular weight is 178 g/mol. The minimum absolute atomic E-state index is 0.00292. The van der Waals surface area contributed by atoms with Gasteiger partial charge in [0.25, 0.3) is 0 Å². The summed E-state index contributed by atoms with van der Waals surface area (Å²) >= 11 is 4.95. The van der Waals surface area contributed by atoms with E-state index in [0.717, 1.165) is 0 Å². The molecule has 0 aromatic carbocycles. The summed E-state index contributed by atoms with van der Waals surface area (Å²) in [6, 6.07) is 0. The van der Waals surface area contributed by atoms with Crippen molar-refractivity contribution >= 4 is 17.7 Å². The highest BCUT2D eigenvalue weighted by atomic mass is 35.5. The molecule has 1 amide bonds. The SMILES string of the molecule is O=C(Cc1n[nH]oc1=O)NCl. The van der Waals surface area contributed by atoms with Gasteiger partial charge in [-0.25, -0.2) is 4.79 Å². The molecule has 0 aliphatic rings. The number of aromatic nitrogens is 2. The van der Waals surface area contributed by atoms with E-state index in [9.17, 15) is 9.59 Å². The summed E-state index contributed by atoms with van der Waals surface area (Å²) in [6.45, 7) is 0. The van der Waals surface area contributed by atoms with Crippen LogP contribution in [0, 0.1) is 0 Å². The molecule has 11 heavy (non-hydrogen) atoms. The molecule has 0 fully saturated rings. The van der Waals surface area contributed by atoms with Gasteiger partial charge in [0.2, 0.25) is 5.91 Å². The first-order chi connectivity index (χ1) is 5.24. The Morgan fingerprint density at radius 1 is 1.82 bits per heavy atom. The molecular weight excluding hydrogens is 174 g/mol. The van der Waals surface area contributed by atoms with Crippen LogP contribution in [0.3, 0.4) is 0 Å². The molecule has 1 heterocycles. The van der Waals surface area contributed by atoms with Crippen molar-refractivity contribution in [1.82, 2.24) is 15.2 Å². The number of nitrogens with one attached hydrogen (secondary N) is 2. The molecule has 0 radical (unpaired) electrons. The van der Waals surface area contributed by atoms with Gasteiger partial charge < -0.3 is 4.52 Å². The zero-order valence-electron chi connectivity index (χ0n) is 5.26. The van der Waals surface area contributed by atoms with Crippen LogP contribution in [0.5, 0.6) is 0 Å². The zero-order valence-corrected chi connectivity index (χ0v) is 6.01. The van der Waals surface area contributed by atoms with Gasteiger partial charge >= 0.3 is 5.63 Å². The molecule has 6 nitrogen and oxygen atoms in total. The van der Waals surface area contributed by atoms with E-state index in [1.165, 1.54) is 0 Å². The molecule has 0 aliphatic carbocycles. The summed E-state index contributed by atoms with van der Waals surface area (Å²) in [6.07, 6.45) is -0.185. The maximum Gasteiger partial charge on any atom is 0.381 e. The number of hydrogen-bond acceptors (Lipinski definition) is 4. The van der Waals surface area contributed by atoms with Gasteiger partial charge in [0, 0.05) is 11.8 Å². The highest BCUT2D eigenvalue weighted by Gasteiger charge is 2.09. The van der Waals surface area contributed by atoms with E-state index in [1.54, 1.807) is 0 Å². The Hall–Kier alpha value is -1.30. The zero-order chi connectivity index (χ0) is 8.27. The van der Waals surface area contributed by atoms with Crippen LogP contribution < -0.4 is 10.5 Å².